The summed E-state index contributed by atoms with van der Waals surface area (Å²) in [6, 6.07) is 5.55. The summed E-state index contributed by atoms with van der Waals surface area (Å²) in [6.07, 6.45) is 1.64. The molecule has 0 aliphatic rings. The molecule has 0 unspecified atom stereocenters. The van der Waals surface area contributed by atoms with Crippen LogP contribution in [0.25, 0.3) is 22.6 Å². The Hall–Kier alpha value is -2.50. The van der Waals surface area contributed by atoms with Gasteiger partial charge in [-0.15, -0.1) is 0 Å². The van der Waals surface area contributed by atoms with Gasteiger partial charge in [0.15, 0.2) is 17.3 Å². The third-order valence-corrected chi connectivity index (χ3v) is 2.96. The Bertz CT molecular complexity index is 780. The topological polar surface area (TPSA) is 56.7 Å². The van der Waals surface area contributed by atoms with Crippen LogP contribution < -0.4 is 5.73 Å². The number of imidazole rings is 1. The number of halogens is 2. The Kier molecular flexibility index (Phi) is 2.45. The molecule has 0 bridgehead atoms. The number of pyridine rings is 1. The molecule has 2 aromatic heterocycles. The number of hydrogen-bond donors (Lipinski definition) is 1. The van der Waals surface area contributed by atoms with E-state index >= 15 is 0 Å². The van der Waals surface area contributed by atoms with Crippen molar-refractivity contribution in [1.29, 1.82) is 0 Å². The van der Waals surface area contributed by atoms with Crippen molar-refractivity contribution in [3.8, 4) is 11.4 Å². The van der Waals surface area contributed by atoms with Crippen LogP contribution in [0.5, 0.6) is 0 Å². The summed E-state index contributed by atoms with van der Waals surface area (Å²) < 4.78 is 28.1. The second-order valence-electron chi connectivity index (χ2n) is 4.19. The molecule has 3 rings (SSSR count). The molecule has 0 atom stereocenters. The first-order valence-corrected chi connectivity index (χ1v) is 5.60. The van der Waals surface area contributed by atoms with E-state index in [1.165, 1.54) is 0 Å². The molecule has 2 N–H and O–H groups in total. The van der Waals surface area contributed by atoms with Crippen LogP contribution in [-0.4, -0.2) is 14.5 Å². The molecule has 0 saturated heterocycles. The van der Waals surface area contributed by atoms with Gasteiger partial charge >= 0.3 is 0 Å². The number of benzene rings is 1. The van der Waals surface area contributed by atoms with E-state index in [9.17, 15) is 8.78 Å². The van der Waals surface area contributed by atoms with Crippen molar-refractivity contribution in [2.45, 2.75) is 0 Å². The van der Waals surface area contributed by atoms with Crippen molar-refractivity contribution in [1.82, 2.24) is 14.5 Å². The van der Waals surface area contributed by atoms with Crippen molar-refractivity contribution in [3.63, 3.8) is 0 Å². The van der Waals surface area contributed by atoms with E-state index in [1.54, 1.807) is 29.9 Å². The highest BCUT2D eigenvalue weighted by atomic mass is 19.2. The number of nitrogen functional groups attached to an aromatic ring is 1. The molecule has 3 aromatic rings. The predicted molar refractivity (Wildman–Crippen MR) is 68.3 cm³/mol. The zero-order chi connectivity index (χ0) is 13.6. The summed E-state index contributed by atoms with van der Waals surface area (Å²) in [6.45, 7) is 0. The molecule has 4 nitrogen and oxygen atoms in total. The monoisotopic (exact) mass is 260 g/mol. The highest BCUT2D eigenvalue weighted by molar-refractivity contribution is 5.81. The summed E-state index contributed by atoms with van der Waals surface area (Å²) in [7, 11) is 1.75. The molecule has 0 amide bonds. The lowest BCUT2D eigenvalue weighted by molar-refractivity contribution is 0.509. The maximum atomic E-state index is 13.3. The van der Waals surface area contributed by atoms with Crippen LogP contribution in [0.15, 0.2) is 30.5 Å². The van der Waals surface area contributed by atoms with Gasteiger partial charge in [0.2, 0.25) is 0 Å². The second kappa shape index (κ2) is 4.01. The van der Waals surface area contributed by atoms with Crippen LogP contribution in [0.3, 0.4) is 0 Å². The van der Waals surface area contributed by atoms with Crippen LogP contribution in [-0.2, 0) is 7.05 Å². The van der Waals surface area contributed by atoms with Gasteiger partial charge in [0.1, 0.15) is 11.3 Å². The molecule has 0 fully saturated rings. The molecule has 6 heteroatoms. The number of rotatable bonds is 1. The molecular weight excluding hydrogens is 250 g/mol. The smallest absolute Gasteiger partial charge is 0.160 e. The van der Waals surface area contributed by atoms with E-state index in [2.05, 4.69) is 9.97 Å². The van der Waals surface area contributed by atoms with Gasteiger partial charge in [-0.3, -0.25) is 0 Å². The zero-order valence-electron chi connectivity index (χ0n) is 10.1. The van der Waals surface area contributed by atoms with Crippen molar-refractivity contribution in [2.24, 2.45) is 7.05 Å². The number of nitrogens with zero attached hydrogens (tertiary/aromatic N) is 3. The average Bonchev–Trinajstić information content (AvgIpc) is 2.72. The van der Waals surface area contributed by atoms with E-state index in [0.717, 1.165) is 12.1 Å². The highest BCUT2D eigenvalue weighted by Crippen LogP contribution is 2.29. The number of nitrogens with two attached hydrogens (primary N) is 1. The lowest BCUT2D eigenvalue weighted by atomic mass is 10.1. The molecule has 0 radical (unpaired) electrons. The minimum atomic E-state index is -0.974. The predicted octanol–water partition coefficient (Wildman–Crippen LogP) is 2.50. The van der Waals surface area contributed by atoms with Crippen LogP contribution in [0.2, 0.25) is 0 Å². The van der Waals surface area contributed by atoms with Crippen molar-refractivity contribution >= 4 is 16.9 Å². The summed E-state index contributed by atoms with van der Waals surface area (Å²) in [5.41, 5.74) is 7.54. The minimum Gasteiger partial charge on any atom is -0.398 e. The van der Waals surface area contributed by atoms with Crippen molar-refractivity contribution < 1.29 is 8.78 Å². The zero-order valence-corrected chi connectivity index (χ0v) is 10.1. The van der Waals surface area contributed by atoms with Crippen molar-refractivity contribution in [3.05, 3.63) is 42.1 Å². The molecule has 0 aliphatic carbocycles. The molecule has 0 spiro atoms. The lowest BCUT2D eigenvalue weighted by Gasteiger charge is -2.06. The van der Waals surface area contributed by atoms with E-state index in [1.807, 2.05) is 0 Å². The van der Waals surface area contributed by atoms with Gasteiger partial charge in [0.25, 0.3) is 0 Å². The van der Waals surface area contributed by atoms with Gasteiger partial charge < -0.3 is 10.3 Å². The SMILES string of the molecule is Cn1c(-c2cc(F)c(F)cc2N)nc2cccnc21. The van der Waals surface area contributed by atoms with Crippen LogP contribution in [0.4, 0.5) is 14.5 Å². The summed E-state index contributed by atoms with van der Waals surface area (Å²) in [5, 5.41) is 0. The maximum absolute atomic E-state index is 13.3. The van der Waals surface area contributed by atoms with Crippen LogP contribution in [0, 0.1) is 11.6 Å². The molecule has 2 heterocycles. The Labute approximate surface area is 107 Å². The lowest BCUT2D eigenvalue weighted by Crippen LogP contribution is -1.99. The maximum Gasteiger partial charge on any atom is 0.160 e. The standard InChI is InChI=1S/C13H10F2N4/c1-19-12(18-11-3-2-4-17-13(11)19)7-5-8(14)9(15)6-10(7)16/h2-6H,16H2,1H3. The first-order chi connectivity index (χ1) is 9.08. The fourth-order valence-corrected chi connectivity index (χ4v) is 2.02. The Morgan fingerprint density at radius 2 is 1.95 bits per heavy atom. The molecular formula is C13H10F2N4. The van der Waals surface area contributed by atoms with Gasteiger partial charge in [-0.25, -0.2) is 18.7 Å². The van der Waals surface area contributed by atoms with Gasteiger partial charge in [0.05, 0.1) is 0 Å². The molecule has 1 aromatic carbocycles. The van der Waals surface area contributed by atoms with E-state index in [-0.39, 0.29) is 5.69 Å². The number of anilines is 1. The summed E-state index contributed by atoms with van der Waals surface area (Å²) >= 11 is 0. The third-order valence-electron chi connectivity index (χ3n) is 2.96. The van der Waals surface area contributed by atoms with Gasteiger partial charge in [-0.1, -0.05) is 0 Å². The number of aryl methyl sites for hydroxylation is 1. The van der Waals surface area contributed by atoms with Crippen LogP contribution in [0.1, 0.15) is 0 Å². The van der Waals surface area contributed by atoms with E-state index in [4.69, 9.17) is 5.73 Å². The Balaban J connectivity index is 2.30. The Morgan fingerprint density at radius 1 is 1.21 bits per heavy atom. The quantitative estimate of drug-likeness (QED) is 0.684. The molecule has 0 aliphatic heterocycles. The molecule has 0 saturated carbocycles. The fourth-order valence-electron chi connectivity index (χ4n) is 2.02. The Morgan fingerprint density at radius 3 is 2.68 bits per heavy atom. The molecule has 19 heavy (non-hydrogen) atoms. The first-order valence-electron chi connectivity index (χ1n) is 5.60. The minimum absolute atomic E-state index is 0.136. The van der Waals surface area contributed by atoms with Gasteiger partial charge in [-0.2, -0.15) is 0 Å². The fraction of sp³-hybridized carbons (Fsp3) is 0.0769. The van der Waals surface area contributed by atoms with Gasteiger partial charge in [-0.05, 0) is 18.2 Å². The number of hydrogen-bond acceptors (Lipinski definition) is 3. The average molecular weight is 260 g/mol. The van der Waals surface area contributed by atoms with Crippen molar-refractivity contribution in [2.75, 3.05) is 5.73 Å². The number of aromatic nitrogens is 3. The largest absolute Gasteiger partial charge is 0.398 e. The number of fused-ring (bicyclic) bond motifs is 1. The summed E-state index contributed by atoms with van der Waals surface area (Å²) in [4.78, 5) is 8.53. The second-order valence-corrected chi connectivity index (χ2v) is 4.19. The van der Waals surface area contributed by atoms with E-state index in [0.29, 0.717) is 22.6 Å². The molecule has 96 valence electrons. The first kappa shape index (κ1) is 11.6. The normalized spacial score (nSPS) is 11.1. The van der Waals surface area contributed by atoms with Gasteiger partial charge in [0, 0.05) is 30.6 Å². The highest BCUT2D eigenvalue weighted by Gasteiger charge is 2.15. The van der Waals surface area contributed by atoms with Crippen LogP contribution >= 0.6 is 0 Å². The third kappa shape index (κ3) is 1.72. The van der Waals surface area contributed by atoms with E-state index < -0.39 is 11.6 Å². The summed E-state index contributed by atoms with van der Waals surface area (Å²) in [5.74, 6) is -1.48.